The number of benzene rings is 3. The number of fused-ring (bicyclic) bond motifs is 5. The van der Waals surface area contributed by atoms with Gasteiger partial charge in [-0.2, -0.15) is 0 Å². The Morgan fingerprint density at radius 3 is 2.09 bits per heavy atom. The van der Waals surface area contributed by atoms with E-state index in [1.807, 2.05) is 30.3 Å². The lowest BCUT2D eigenvalue weighted by atomic mass is 9.57. The van der Waals surface area contributed by atoms with E-state index in [2.05, 4.69) is 21.2 Å². The van der Waals surface area contributed by atoms with Crippen molar-refractivity contribution >= 4 is 57.0 Å². The number of amides is 2. The van der Waals surface area contributed by atoms with Crippen LogP contribution in [0.3, 0.4) is 0 Å². The van der Waals surface area contributed by atoms with Crippen molar-refractivity contribution in [2.75, 3.05) is 37.1 Å². The Labute approximate surface area is 280 Å². The molecule has 0 saturated carbocycles. The molecule has 1 fully saturated rings. The van der Waals surface area contributed by atoms with Crippen molar-refractivity contribution in [3.8, 4) is 0 Å². The second-order valence-electron chi connectivity index (χ2n) is 11.5. The van der Waals surface area contributed by atoms with Crippen LogP contribution in [0.4, 0.5) is 11.4 Å². The molecule has 3 atom stereocenters. The highest BCUT2D eigenvalue weighted by molar-refractivity contribution is 9.10. The van der Waals surface area contributed by atoms with E-state index < -0.39 is 52.1 Å². The molecule has 2 spiro atoms. The summed E-state index contributed by atoms with van der Waals surface area (Å²) in [5.41, 5.74) is -4.86. The van der Waals surface area contributed by atoms with Crippen LogP contribution in [-0.2, 0) is 55.7 Å². The minimum Gasteiger partial charge on any atom is -0.466 e. The van der Waals surface area contributed by atoms with Crippen LogP contribution in [0.2, 0.25) is 0 Å². The number of nitrogens with one attached hydrogen (secondary N) is 1. The van der Waals surface area contributed by atoms with Crippen molar-refractivity contribution in [1.82, 2.24) is 4.90 Å². The highest BCUT2D eigenvalue weighted by Crippen LogP contribution is 2.69. The molecule has 0 bridgehead atoms. The van der Waals surface area contributed by atoms with Gasteiger partial charge in [-0.05, 0) is 57.1 Å². The number of ether oxygens (including phenoxy) is 3. The van der Waals surface area contributed by atoms with Crippen LogP contribution in [0.25, 0.3) is 0 Å². The monoisotopic (exact) mass is 703 g/mol. The summed E-state index contributed by atoms with van der Waals surface area (Å²) in [5.74, 6) is -6.59. The SMILES string of the molecule is CCOC(=O)C1C(C(=O)OCC)(C(=O)OCC)N(C)C2(C(=O)N(Cc3ccccc3)c3cc(Br)ccc32)C12C(=O)Nc1ccccc12. The number of likely N-dealkylation sites (tertiary alicyclic amines) is 1. The number of halogens is 1. The molecule has 12 heteroatoms. The first-order chi connectivity index (χ1) is 22.6. The number of para-hydroxylation sites is 1. The number of carbonyl (C=O) groups excluding carboxylic acids is 5. The van der Waals surface area contributed by atoms with Gasteiger partial charge in [0.1, 0.15) is 16.9 Å². The molecule has 0 aliphatic carbocycles. The Hall–Kier alpha value is -4.55. The number of anilines is 2. The maximum Gasteiger partial charge on any atom is 0.339 e. The second kappa shape index (κ2) is 11.9. The van der Waals surface area contributed by atoms with Gasteiger partial charge in [-0.25, -0.2) is 9.59 Å². The van der Waals surface area contributed by atoms with Gasteiger partial charge in [0.15, 0.2) is 0 Å². The molecule has 0 aromatic heterocycles. The molecule has 47 heavy (non-hydrogen) atoms. The Bertz CT molecular complexity index is 1780. The van der Waals surface area contributed by atoms with E-state index in [1.165, 1.54) is 16.8 Å². The van der Waals surface area contributed by atoms with Gasteiger partial charge in [0.2, 0.25) is 11.4 Å². The molecule has 6 rings (SSSR count). The number of rotatable bonds is 8. The highest BCUT2D eigenvalue weighted by Gasteiger charge is 2.89. The highest BCUT2D eigenvalue weighted by atomic mass is 79.9. The Balaban J connectivity index is 1.80. The van der Waals surface area contributed by atoms with Gasteiger partial charge in [-0.1, -0.05) is 70.5 Å². The normalized spacial score (nSPS) is 23.9. The number of hydrogen-bond acceptors (Lipinski definition) is 9. The maximum absolute atomic E-state index is 15.6. The minimum atomic E-state index is -2.63. The summed E-state index contributed by atoms with van der Waals surface area (Å²) in [5, 5.41) is 2.88. The van der Waals surface area contributed by atoms with Crippen LogP contribution in [0, 0.1) is 5.92 Å². The molecule has 3 aliphatic heterocycles. The van der Waals surface area contributed by atoms with Crippen LogP contribution in [0.1, 0.15) is 37.5 Å². The topological polar surface area (TPSA) is 132 Å². The van der Waals surface area contributed by atoms with Crippen LogP contribution in [0.15, 0.2) is 77.3 Å². The lowest BCUT2D eigenvalue weighted by molar-refractivity contribution is -0.183. The van der Waals surface area contributed by atoms with Crippen molar-refractivity contribution in [1.29, 1.82) is 0 Å². The fourth-order valence-corrected chi connectivity index (χ4v) is 8.25. The molecule has 3 aliphatic rings. The van der Waals surface area contributed by atoms with E-state index in [4.69, 9.17) is 14.2 Å². The number of nitrogens with zero attached hydrogens (tertiary/aromatic N) is 2. The van der Waals surface area contributed by atoms with Gasteiger partial charge in [-0.3, -0.25) is 19.3 Å². The van der Waals surface area contributed by atoms with E-state index in [0.717, 1.165) is 5.56 Å². The van der Waals surface area contributed by atoms with Gasteiger partial charge in [-0.15, -0.1) is 0 Å². The summed E-state index contributed by atoms with van der Waals surface area (Å²) in [4.78, 5) is 77.0. The van der Waals surface area contributed by atoms with Gasteiger partial charge < -0.3 is 24.4 Å². The predicted molar refractivity (Wildman–Crippen MR) is 174 cm³/mol. The van der Waals surface area contributed by atoms with E-state index in [0.29, 0.717) is 21.4 Å². The third-order valence-electron chi connectivity index (χ3n) is 9.49. The molecule has 3 aromatic carbocycles. The summed E-state index contributed by atoms with van der Waals surface area (Å²) in [7, 11) is 1.40. The Morgan fingerprint density at radius 1 is 0.830 bits per heavy atom. The Kier molecular flexibility index (Phi) is 8.21. The molecule has 0 radical (unpaired) electrons. The summed E-state index contributed by atoms with van der Waals surface area (Å²) in [6.45, 7) is 4.33. The van der Waals surface area contributed by atoms with Gasteiger partial charge in [0, 0.05) is 15.7 Å². The van der Waals surface area contributed by atoms with Crippen LogP contribution >= 0.6 is 15.9 Å². The zero-order valence-electron chi connectivity index (χ0n) is 26.4. The summed E-state index contributed by atoms with van der Waals surface area (Å²) in [6, 6.07) is 21.1. The minimum absolute atomic E-state index is 0.0912. The number of esters is 3. The summed E-state index contributed by atoms with van der Waals surface area (Å²) < 4.78 is 17.4. The smallest absolute Gasteiger partial charge is 0.339 e. The fourth-order valence-electron chi connectivity index (χ4n) is 7.90. The molecule has 244 valence electrons. The lowest BCUT2D eigenvalue weighted by Gasteiger charge is -2.43. The zero-order chi connectivity index (χ0) is 33.7. The van der Waals surface area contributed by atoms with E-state index in [9.17, 15) is 19.2 Å². The van der Waals surface area contributed by atoms with E-state index >= 15 is 4.79 Å². The van der Waals surface area contributed by atoms with Crippen molar-refractivity contribution in [2.24, 2.45) is 5.92 Å². The van der Waals surface area contributed by atoms with Crippen molar-refractivity contribution in [3.63, 3.8) is 0 Å². The standard InChI is InChI=1S/C35H34BrN3O8/c1-5-45-28(40)27-33(23-15-11-12-16-25(23)37-29(33)41)35(38(4)34(27,31(43)46-6-2)32(44)47-7-3)24-18-17-22(36)19-26(24)39(30(35)42)20-21-13-9-8-10-14-21/h8-19,27H,5-7,20H2,1-4H3,(H,37,41). The van der Waals surface area contributed by atoms with E-state index in [1.54, 1.807) is 63.2 Å². The van der Waals surface area contributed by atoms with Crippen molar-refractivity contribution in [3.05, 3.63) is 94.0 Å². The molecule has 1 N–H and O–H groups in total. The predicted octanol–water partition coefficient (Wildman–Crippen LogP) is 4.07. The van der Waals surface area contributed by atoms with Crippen molar-refractivity contribution < 1.29 is 38.2 Å². The zero-order valence-corrected chi connectivity index (χ0v) is 28.0. The first-order valence-electron chi connectivity index (χ1n) is 15.4. The molecular weight excluding hydrogens is 670 g/mol. The number of likely N-dealkylation sites (N-methyl/N-ethyl adjacent to an activating group) is 1. The average Bonchev–Trinajstić information content (AvgIpc) is 3.57. The third-order valence-corrected chi connectivity index (χ3v) is 9.98. The van der Waals surface area contributed by atoms with Crippen LogP contribution in [-0.4, -0.2) is 67.0 Å². The largest absolute Gasteiger partial charge is 0.466 e. The molecule has 11 nitrogen and oxygen atoms in total. The molecular formula is C35H34BrN3O8. The van der Waals surface area contributed by atoms with Gasteiger partial charge in [0.05, 0.1) is 32.1 Å². The molecule has 3 heterocycles. The second-order valence-corrected chi connectivity index (χ2v) is 12.4. The summed E-state index contributed by atoms with van der Waals surface area (Å²) in [6.07, 6.45) is 0. The van der Waals surface area contributed by atoms with Crippen LogP contribution < -0.4 is 10.2 Å². The molecule has 3 unspecified atom stereocenters. The first kappa shape index (κ1) is 32.4. The number of hydrogen-bond donors (Lipinski definition) is 1. The molecule has 3 aromatic rings. The average molecular weight is 705 g/mol. The van der Waals surface area contributed by atoms with Gasteiger partial charge >= 0.3 is 17.9 Å². The summed E-state index contributed by atoms with van der Waals surface area (Å²) >= 11 is 3.53. The van der Waals surface area contributed by atoms with Crippen molar-refractivity contribution in [2.45, 2.75) is 43.8 Å². The lowest BCUT2D eigenvalue weighted by Crippen LogP contribution is -2.65. The van der Waals surface area contributed by atoms with E-state index in [-0.39, 0.29) is 31.9 Å². The van der Waals surface area contributed by atoms with Gasteiger partial charge in [0.25, 0.3) is 5.91 Å². The maximum atomic E-state index is 15.6. The molecule has 1 saturated heterocycles. The quantitative estimate of drug-likeness (QED) is 0.210. The van der Waals surface area contributed by atoms with Crippen LogP contribution in [0.5, 0.6) is 0 Å². The molecule has 2 amide bonds. The fraction of sp³-hybridized carbons (Fsp3) is 0.343. The third kappa shape index (κ3) is 4.10. The number of carbonyl (C=O) groups is 5. The first-order valence-corrected chi connectivity index (χ1v) is 16.2. The Morgan fingerprint density at radius 2 is 1.45 bits per heavy atom.